The summed E-state index contributed by atoms with van der Waals surface area (Å²) in [4.78, 5) is 26.8. The van der Waals surface area contributed by atoms with Crippen LogP contribution in [0.15, 0.2) is 24.3 Å². The SMILES string of the molecule is C=C(C)CC12C=CC(C1)C1C(=O)N(CCOCCO)C(=O)C12. The summed E-state index contributed by atoms with van der Waals surface area (Å²) in [6.07, 6.45) is 5.92. The van der Waals surface area contributed by atoms with Gasteiger partial charge in [0.15, 0.2) is 0 Å². The molecular formula is C17H23NO4. The molecule has 2 amide bonds. The fourth-order valence-electron chi connectivity index (χ4n) is 4.50. The molecule has 1 N–H and O–H groups in total. The van der Waals surface area contributed by atoms with Crippen LogP contribution in [0.3, 0.4) is 0 Å². The normalized spacial score (nSPS) is 35.5. The molecule has 3 aliphatic rings. The fourth-order valence-corrected chi connectivity index (χ4v) is 4.50. The topological polar surface area (TPSA) is 66.8 Å². The summed E-state index contributed by atoms with van der Waals surface area (Å²) in [7, 11) is 0. The molecule has 0 aromatic heterocycles. The number of aliphatic hydroxyl groups is 1. The van der Waals surface area contributed by atoms with E-state index >= 15 is 0 Å². The summed E-state index contributed by atoms with van der Waals surface area (Å²) < 4.78 is 5.20. The first-order chi connectivity index (χ1) is 10.5. The molecule has 5 nitrogen and oxygen atoms in total. The summed E-state index contributed by atoms with van der Waals surface area (Å²) in [5.41, 5.74) is 0.838. The van der Waals surface area contributed by atoms with E-state index in [1.54, 1.807) is 0 Å². The van der Waals surface area contributed by atoms with Crippen molar-refractivity contribution in [2.24, 2.45) is 23.2 Å². The van der Waals surface area contributed by atoms with E-state index in [-0.39, 0.29) is 61.3 Å². The number of imide groups is 1. The number of amides is 2. The van der Waals surface area contributed by atoms with E-state index in [9.17, 15) is 9.59 Å². The summed E-state index contributed by atoms with van der Waals surface area (Å²) in [6.45, 7) is 6.70. The second-order valence-corrected chi connectivity index (χ2v) is 6.76. The number of carbonyl (C=O) groups excluding carboxylic acids is 2. The molecule has 0 spiro atoms. The molecule has 2 aliphatic carbocycles. The van der Waals surface area contributed by atoms with Crippen molar-refractivity contribution in [2.45, 2.75) is 19.8 Å². The minimum atomic E-state index is -0.232. The minimum absolute atomic E-state index is 0.0547. The van der Waals surface area contributed by atoms with E-state index < -0.39 is 0 Å². The van der Waals surface area contributed by atoms with E-state index in [4.69, 9.17) is 9.84 Å². The molecule has 2 bridgehead atoms. The Morgan fingerprint density at radius 2 is 2.23 bits per heavy atom. The highest BCUT2D eigenvalue weighted by Gasteiger charge is 2.65. The molecule has 22 heavy (non-hydrogen) atoms. The van der Waals surface area contributed by atoms with Gasteiger partial charge in [-0.2, -0.15) is 0 Å². The molecule has 5 heteroatoms. The van der Waals surface area contributed by atoms with Gasteiger partial charge in [0.05, 0.1) is 38.2 Å². The molecule has 0 aromatic carbocycles. The lowest BCUT2D eigenvalue weighted by Gasteiger charge is -2.30. The zero-order valence-electron chi connectivity index (χ0n) is 13.0. The summed E-state index contributed by atoms with van der Waals surface area (Å²) in [5, 5.41) is 8.70. The third-order valence-corrected chi connectivity index (χ3v) is 5.14. The molecule has 120 valence electrons. The average Bonchev–Trinajstić information content (AvgIpc) is 3.07. The van der Waals surface area contributed by atoms with Gasteiger partial charge in [0, 0.05) is 5.41 Å². The van der Waals surface area contributed by atoms with E-state index in [0.717, 1.165) is 18.4 Å². The zero-order chi connectivity index (χ0) is 15.9. The Morgan fingerprint density at radius 1 is 1.45 bits per heavy atom. The number of likely N-dealkylation sites (tertiary alicyclic amines) is 1. The highest BCUT2D eigenvalue weighted by atomic mass is 16.5. The Balaban J connectivity index is 1.76. The second kappa shape index (κ2) is 5.63. The Bertz CT molecular complexity index is 541. The third kappa shape index (κ3) is 2.23. The van der Waals surface area contributed by atoms with Crippen molar-refractivity contribution in [1.29, 1.82) is 0 Å². The molecule has 2 fully saturated rings. The molecule has 1 saturated carbocycles. The Kier molecular flexibility index (Phi) is 3.95. The maximum Gasteiger partial charge on any atom is 0.234 e. The molecule has 0 radical (unpaired) electrons. The van der Waals surface area contributed by atoms with Gasteiger partial charge in [-0.15, -0.1) is 6.58 Å². The second-order valence-electron chi connectivity index (χ2n) is 6.76. The number of nitrogens with zero attached hydrogens (tertiary/aromatic N) is 1. The van der Waals surface area contributed by atoms with Crippen LogP contribution in [0, 0.1) is 23.2 Å². The number of fused-ring (bicyclic) bond motifs is 5. The summed E-state index contributed by atoms with van der Waals surface area (Å²) in [6, 6.07) is 0. The number of allylic oxidation sites excluding steroid dienone is 3. The van der Waals surface area contributed by atoms with Crippen LogP contribution in [0.4, 0.5) is 0 Å². The minimum Gasteiger partial charge on any atom is -0.394 e. The van der Waals surface area contributed by atoms with Crippen molar-refractivity contribution in [2.75, 3.05) is 26.4 Å². The van der Waals surface area contributed by atoms with Crippen molar-refractivity contribution in [3.8, 4) is 0 Å². The van der Waals surface area contributed by atoms with Crippen LogP contribution < -0.4 is 0 Å². The van der Waals surface area contributed by atoms with Gasteiger partial charge in [-0.25, -0.2) is 0 Å². The van der Waals surface area contributed by atoms with E-state index in [0.29, 0.717) is 0 Å². The van der Waals surface area contributed by atoms with Crippen LogP contribution >= 0.6 is 0 Å². The largest absolute Gasteiger partial charge is 0.394 e. The molecule has 1 heterocycles. The molecule has 0 aromatic rings. The van der Waals surface area contributed by atoms with Crippen LogP contribution in [-0.2, 0) is 14.3 Å². The number of carbonyl (C=O) groups is 2. The highest BCUT2D eigenvalue weighted by Crippen LogP contribution is 2.62. The summed E-state index contributed by atoms with van der Waals surface area (Å²) in [5.74, 6) is -0.361. The van der Waals surface area contributed by atoms with Crippen LogP contribution in [0.5, 0.6) is 0 Å². The van der Waals surface area contributed by atoms with Crippen LogP contribution in [-0.4, -0.2) is 48.2 Å². The number of hydrogen-bond donors (Lipinski definition) is 1. The lowest BCUT2D eigenvalue weighted by atomic mass is 9.71. The van der Waals surface area contributed by atoms with Crippen molar-refractivity contribution < 1.29 is 19.4 Å². The monoisotopic (exact) mass is 305 g/mol. The molecule has 1 saturated heterocycles. The Labute approximate surface area is 130 Å². The Morgan fingerprint density at radius 3 is 2.91 bits per heavy atom. The summed E-state index contributed by atoms with van der Waals surface area (Å²) >= 11 is 0. The predicted molar refractivity (Wildman–Crippen MR) is 80.7 cm³/mol. The van der Waals surface area contributed by atoms with Gasteiger partial charge >= 0.3 is 0 Å². The number of hydrogen-bond acceptors (Lipinski definition) is 4. The quantitative estimate of drug-likeness (QED) is 0.435. The molecule has 4 atom stereocenters. The van der Waals surface area contributed by atoms with E-state index in [2.05, 4.69) is 18.7 Å². The van der Waals surface area contributed by atoms with Crippen molar-refractivity contribution >= 4 is 11.8 Å². The van der Waals surface area contributed by atoms with Gasteiger partial charge in [-0.05, 0) is 25.7 Å². The molecule has 3 rings (SSSR count). The molecule has 4 unspecified atom stereocenters. The van der Waals surface area contributed by atoms with Gasteiger partial charge in [0.2, 0.25) is 11.8 Å². The van der Waals surface area contributed by atoms with E-state index in [1.165, 1.54) is 4.90 Å². The predicted octanol–water partition coefficient (Wildman–Crippen LogP) is 1.14. The lowest BCUT2D eigenvalue weighted by Crippen LogP contribution is -2.37. The van der Waals surface area contributed by atoms with Crippen LogP contribution in [0.2, 0.25) is 0 Å². The van der Waals surface area contributed by atoms with Crippen LogP contribution in [0.1, 0.15) is 19.8 Å². The van der Waals surface area contributed by atoms with Crippen molar-refractivity contribution in [3.05, 3.63) is 24.3 Å². The van der Waals surface area contributed by atoms with Gasteiger partial charge < -0.3 is 9.84 Å². The maximum atomic E-state index is 12.8. The smallest absolute Gasteiger partial charge is 0.234 e. The first-order valence-electron chi connectivity index (χ1n) is 7.88. The fraction of sp³-hybridized carbons (Fsp3) is 0.647. The highest BCUT2D eigenvalue weighted by molar-refractivity contribution is 6.06. The lowest BCUT2D eigenvalue weighted by molar-refractivity contribution is -0.142. The number of rotatable bonds is 7. The maximum absolute atomic E-state index is 12.8. The van der Waals surface area contributed by atoms with E-state index in [1.807, 2.05) is 6.92 Å². The average molecular weight is 305 g/mol. The zero-order valence-corrected chi connectivity index (χ0v) is 13.0. The van der Waals surface area contributed by atoms with Gasteiger partial charge in [-0.3, -0.25) is 14.5 Å². The Hall–Kier alpha value is -1.46. The van der Waals surface area contributed by atoms with Crippen molar-refractivity contribution in [1.82, 2.24) is 4.90 Å². The van der Waals surface area contributed by atoms with Gasteiger partial charge in [0.25, 0.3) is 0 Å². The van der Waals surface area contributed by atoms with Gasteiger partial charge in [0.1, 0.15) is 0 Å². The number of ether oxygens (including phenoxy) is 1. The number of aliphatic hydroxyl groups excluding tert-OH is 1. The molecular weight excluding hydrogens is 282 g/mol. The van der Waals surface area contributed by atoms with Crippen molar-refractivity contribution in [3.63, 3.8) is 0 Å². The van der Waals surface area contributed by atoms with Crippen LogP contribution in [0.25, 0.3) is 0 Å². The molecule has 1 aliphatic heterocycles. The standard InChI is InChI=1S/C17H23NO4/c1-11(2)9-17-4-3-12(10-17)13-14(17)16(21)18(15(13)20)5-7-22-8-6-19/h3-4,12-14,19H,1,5-10H2,2H3. The van der Waals surface area contributed by atoms with Gasteiger partial charge in [-0.1, -0.05) is 17.7 Å². The first-order valence-corrected chi connectivity index (χ1v) is 7.88. The third-order valence-electron chi connectivity index (χ3n) is 5.14. The first kappa shape index (κ1) is 15.4.